The molecule has 2 aromatic heterocycles. The smallest absolute Gasteiger partial charge is 0.295 e. The Morgan fingerprint density at radius 1 is 1.03 bits per heavy atom. The molecule has 0 fully saturated rings. The Bertz CT molecular complexity index is 1290. The normalized spacial score (nSPS) is 10.9. The van der Waals surface area contributed by atoms with Crippen LogP contribution in [0.25, 0.3) is 11.4 Å². The molecule has 0 unspecified atom stereocenters. The molecule has 5 N–H and O–H groups in total. The molecule has 4 aromatic rings. The van der Waals surface area contributed by atoms with Crippen molar-refractivity contribution in [1.82, 2.24) is 19.1 Å². The zero-order chi connectivity index (χ0) is 21.4. The molecule has 0 aliphatic rings. The maximum Gasteiger partial charge on any atom is 0.295 e. The lowest BCUT2D eigenvalue weighted by molar-refractivity contribution is 0.630. The molecular weight excluding hydrogens is 398 g/mol. The van der Waals surface area contributed by atoms with Gasteiger partial charge in [-0.25, -0.2) is 9.36 Å². The number of hydrogen-bond acceptors (Lipinski definition) is 5. The van der Waals surface area contributed by atoms with Gasteiger partial charge in [-0.05, 0) is 31.2 Å². The lowest BCUT2D eigenvalue weighted by Crippen LogP contribution is -2.21. The third kappa shape index (κ3) is 3.15. The van der Waals surface area contributed by atoms with Crippen LogP contribution in [0.1, 0.15) is 11.3 Å². The Morgan fingerprint density at radius 3 is 2.17 bits per heavy atom. The summed E-state index contributed by atoms with van der Waals surface area (Å²) in [7, 11) is 1.83. The average Bonchev–Trinajstić information content (AvgIpc) is 3.18. The van der Waals surface area contributed by atoms with Crippen molar-refractivity contribution in [3.05, 3.63) is 82.3 Å². The lowest BCUT2D eigenvalue weighted by Gasteiger charge is -2.11. The number of hydrogen-bond donors (Lipinski definition) is 3. The van der Waals surface area contributed by atoms with Crippen LogP contribution in [0.3, 0.4) is 0 Å². The second-order valence-electron chi connectivity index (χ2n) is 6.78. The highest BCUT2D eigenvalue weighted by atomic mass is 32.1. The largest absolute Gasteiger partial charge is 0.389 e. The fourth-order valence-corrected chi connectivity index (χ4v) is 3.58. The van der Waals surface area contributed by atoms with Gasteiger partial charge < -0.3 is 16.8 Å². The monoisotopic (exact) mass is 419 g/mol. The maximum atomic E-state index is 13.3. The molecule has 0 bridgehead atoms. The van der Waals surface area contributed by atoms with Crippen LogP contribution in [0.2, 0.25) is 0 Å². The quantitative estimate of drug-likeness (QED) is 0.429. The number of nitrogens with zero attached hydrogens (tertiary/aromatic N) is 4. The number of aromatic nitrogens is 4. The van der Waals surface area contributed by atoms with Gasteiger partial charge in [-0.15, -0.1) is 5.10 Å². The summed E-state index contributed by atoms with van der Waals surface area (Å²) in [6.45, 7) is 1.86. The number of rotatable bonds is 5. The van der Waals surface area contributed by atoms with Gasteiger partial charge in [0, 0.05) is 7.05 Å². The van der Waals surface area contributed by atoms with Crippen molar-refractivity contribution in [3.8, 4) is 11.4 Å². The van der Waals surface area contributed by atoms with Crippen molar-refractivity contribution in [2.24, 2.45) is 12.8 Å². The SMILES string of the molecule is Cc1c(Nc2c(C(N)=S)c(N)nn2-c2ccccc2)c(=O)n(-c2ccccc2)n1C. The summed E-state index contributed by atoms with van der Waals surface area (Å²) in [6.07, 6.45) is 0. The molecular formula is C21H21N7OS. The first-order valence-electron chi connectivity index (χ1n) is 9.25. The Morgan fingerprint density at radius 2 is 1.60 bits per heavy atom. The predicted octanol–water partition coefficient (Wildman–Crippen LogP) is 2.63. The van der Waals surface area contributed by atoms with Gasteiger partial charge in [-0.3, -0.25) is 9.48 Å². The molecule has 0 spiro atoms. The van der Waals surface area contributed by atoms with E-state index in [1.807, 2.05) is 74.6 Å². The molecule has 2 heterocycles. The summed E-state index contributed by atoms with van der Waals surface area (Å²) in [5.74, 6) is 0.628. The number of nitrogens with two attached hydrogens (primary N) is 2. The second kappa shape index (κ2) is 7.53. The molecule has 9 heteroatoms. The molecule has 30 heavy (non-hydrogen) atoms. The van der Waals surface area contributed by atoms with Crippen LogP contribution in [0.4, 0.5) is 17.3 Å². The molecule has 0 saturated heterocycles. The fourth-order valence-electron chi connectivity index (χ4n) is 3.38. The van der Waals surface area contributed by atoms with E-state index in [0.717, 1.165) is 17.1 Å². The summed E-state index contributed by atoms with van der Waals surface area (Å²) in [4.78, 5) is 13.4. The molecule has 8 nitrogen and oxygen atoms in total. The van der Waals surface area contributed by atoms with Crippen LogP contribution in [-0.4, -0.2) is 24.1 Å². The number of para-hydroxylation sites is 2. The van der Waals surface area contributed by atoms with Crippen LogP contribution in [0, 0.1) is 6.92 Å². The Balaban J connectivity index is 1.91. The van der Waals surface area contributed by atoms with E-state index < -0.39 is 0 Å². The zero-order valence-electron chi connectivity index (χ0n) is 16.5. The van der Waals surface area contributed by atoms with Crippen LogP contribution in [0.15, 0.2) is 65.5 Å². The molecule has 152 valence electrons. The first-order valence-corrected chi connectivity index (χ1v) is 9.65. The Hall–Kier alpha value is -3.85. The van der Waals surface area contributed by atoms with Crippen LogP contribution in [0.5, 0.6) is 0 Å². The summed E-state index contributed by atoms with van der Waals surface area (Å²) >= 11 is 5.21. The summed E-state index contributed by atoms with van der Waals surface area (Å²) in [6, 6.07) is 18.8. The molecule has 0 aliphatic heterocycles. The number of anilines is 3. The molecule has 0 aliphatic carbocycles. The van der Waals surface area contributed by atoms with Gasteiger partial charge in [-0.1, -0.05) is 48.6 Å². The van der Waals surface area contributed by atoms with Crippen molar-refractivity contribution < 1.29 is 0 Å². The third-order valence-corrected chi connectivity index (χ3v) is 5.16. The van der Waals surface area contributed by atoms with E-state index >= 15 is 0 Å². The van der Waals surface area contributed by atoms with E-state index in [-0.39, 0.29) is 16.4 Å². The van der Waals surface area contributed by atoms with E-state index in [4.69, 9.17) is 23.7 Å². The van der Waals surface area contributed by atoms with Crippen LogP contribution in [-0.2, 0) is 7.05 Å². The number of benzene rings is 2. The van der Waals surface area contributed by atoms with Gasteiger partial charge in [0.2, 0.25) is 0 Å². The highest BCUT2D eigenvalue weighted by Crippen LogP contribution is 2.29. The van der Waals surface area contributed by atoms with Gasteiger partial charge in [0.1, 0.15) is 16.5 Å². The minimum absolute atomic E-state index is 0.0918. The number of nitrogen functional groups attached to an aromatic ring is 1. The van der Waals surface area contributed by atoms with Gasteiger partial charge in [0.25, 0.3) is 5.56 Å². The van der Waals surface area contributed by atoms with Gasteiger partial charge in [0.05, 0.1) is 22.6 Å². The van der Waals surface area contributed by atoms with Gasteiger partial charge in [-0.2, -0.15) is 0 Å². The molecule has 0 amide bonds. The first kappa shape index (κ1) is 19.5. The lowest BCUT2D eigenvalue weighted by atomic mass is 10.2. The molecule has 4 rings (SSSR count). The highest BCUT2D eigenvalue weighted by molar-refractivity contribution is 7.80. The summed E-state index contributed by atoms with van der Waals surface area (Å²) in [5, 5.41) is 7.60. The first-order chi connectivity index (χ1) is 14.4. The standard InChI is InChI=1S/C21H21N7OS/c1-13-17(21(29)28(26(13)2)15-11-7-4-8-12-15)24-20-16(19(23)30)18(22)25-27(20)14-9-5-3-6-10-14/h3-12,24H,1-2H3,(H2,22,25)(H2,23,30). The predicted molar refractivity (Wildman–Crippen MR) is 123 cm³/mol. The van der Waals surface area contributed by atoms with E-state index in [0.29, 0.717) is 17.1 Å². The van der Waals surface area contributed by atoms with Gasteiger partial charge in [0.15, 0.2) is 5.82 Å². The Kier molecular flexibility index (Phi) is 4.88. The van der Waals surface area contributed by atoms with Crippen molar-refractivity contribution in [2.75, 3.05) is 11.1 Å². The third-order valence-electron chi connectivity index (χ3n) is 4.96. The zero-order valence-corrected chi connectivity index (χ0v) is 17.4. The Labute approximate surface area is 178 Å². The van der Waals surface area contributed by atoms with Crippen LogP contribution < -0.4 is 22.3 Å². The molecule has 0 atom stereocenters. The van der Waals surface area contributed by atoms with E-state index in [1.165, 1.54) is 0 Å². The van der Waals surface area contributed by atoms with Crippen LogP contribution >= 0.6 is 12.2 Å². The van der Waals surface area contributed by atoms with Crippen molar-refractivity contribution in [3.63, 3.8) is 0 Å². The summed E-state index contributed by atoms with van der Waals surface area (Å²) < 4.78 is 4.97. The van der Waals surface area contributed by atoms with Crippen molar-refractivity contribution in [2.45, 2.75) is 6.92 Å². The second-order valence-corrected chi connectivity index (χ2v) is 7.22. The average molecular weight is 420 g/mol. The minimum Gasteiger partial charge on any atom is -0.389 e. The van der Waals surface area contributed by atoms with Crippen molar-refractivity contribution in [1.29, 1.82) is 0 Å². The number of nitrogens with one attached hydrogen (secondary N) is 1. The highest BCUT2D eigenvalue weighted by Gasteiger charge is 2.23. The van der Waals surface area contributed by atoms with Crippen molar-refractivity contribution >= 4 is 34.5 Å². The fraction of sp³-hybridized carbons (Fsp3) is 0.0952. The number of thiocarbonyl (C=S) groups is 1. The molecule has 2 aromatic carbocycles. The topological polar surface area (TPSA) is 109 Å². The maximum absolute atomic E-state index is 13.3. The van der Waals surface area contributed by atoms with Gasteiger partial charge >= 0.3 is 0 Å². The van der Waals surface area contributed by atoms with E-state index in [9.17, 15) is 4.79 Å². The van der Waals surface area contributed by atoms with E-state index in [1.54, 1.807) is 14.0 Å². The minimum atomic E-state index is -0.213. The molecule has 0 radical (unpaired) electrons. The summed E-state index contributed by atoms with van der Waals surface area (Å²) in [5.41, 5.74) is 14.8. The van der Waals surface area contributed by atoms with E-state index in [2.05, 4.69) is 10.4 Å². The molecule has 0 saturated carbocycles.